The summed E-state index contributed by atoms with van der Waals surface area (Å²) in [4.78, 5) is 25.1. The van der Waals surface area contributed by atoms with Crippen LogP contribution in [0.5, 0.6) is 0 Å². The van der Waals surface area contributed by atoms with Crippen molar-refractivity contribution in [3.8, 4) is 0 Å². The molecule has 0 spiro atoms. The molecule has 0 aromatic heterocycles. The topological polar surface area (TPSA) is 43.4 Å². The van der Waals surface area contributed by atoms with Crippen molar-refractivity contribution in [2.45, 2.75) is 25.7 Å². The first-order valence-electron chi connectivity index (χ1n) is 8.12. The maximum atomic E-state index is 12.5. The van der Waals surface area contributed by atoms with E-state index in [1.165, 1.54) is 5.56 Å². The first-order valence-corrected chi connectivity index (χ1v) is 8.91. The van der Waals surface area contributed by atoms with Crippen LogP contribution in [0.25, 0.3) is 21.5 Å². The van der Waals surface area contributed by atoms with Crippen molar-refractivity contribution in [2.24, 2.45) is 0 Å². The molecular weight excluding hydrogens is 368 g/mol. The van der Waals surface area contributed by atoms with Gasteiger partial charge in [-0.25, -0.2) is 9.59 Å². The Morgan fingerprint density at radius 3 is 2.42 bits per heavy atom. The standard InChI is InChI=1S/C20H13BrO3/c21-18-13-8-4-3-7-12(13)17-15-14(18)9-10-5-1-2-6-11(10)16(15)19(22)24-20(17)23/h3-4,7-9H,1-2,5-6H2. The highest BCUT2D eigenvalue weighted by Gasteiger charge is 2.34. The molecule has 0 unspecified atom stereocenters. The van der Waals surface area contributed by atoms with Crippen LogP contribution in [0.15, 0.2) is 34.8 Å². The number of rotatable bonds is 0. The molecule has 0 bridgehead atoms. The number of cyclic esters (lactones) is 2. The number of aryl methyl sites for hydroxylation is 1. The van der Waals surface area contributed by atoms with Crippen molar-refractivity contribution >= 4 is 49.4 Å². The Morgan fingerprint density at radius 1 is 0.875 bits per heavy atom. The molecule has 118 valence electrons. The molecule has 4 heteroatoms. The van der Waals surface area contributed by atoms with Crippen LogP contribution in [-0.4, -0.2) is 11.9 Å². The lowest BCUT2D eigenvalue weighted by Gasteiger charge is -2.25. The second-order valence-electron chi connectivity index (χ2n) is 6.43. The van der Waals surface area contributed by atoms with E-state index in [1.54, 1.807) is 0 Å². The number of hydrogen-bond acceptors (Lipinski definition) is 3. The monoisotopic (exact) mass is 380 g/mol. The van der Waals surface area contributed by atoms with Gasteiger partial charge in [0.15, 0.2) is 0 Å². The quantitative estimate of drug-likeness (QED) is 0.315. The van der Waals surface area contributed by atoms with Crippen LogP contribution in [-0.2, 0) is 17.6 Å². The van der Waals surface area contributed by atoms with E-state index >= 15 is 0 Å². The molecule has 3 aromatic carbocycles. The number of halogens is 1. The van der Waals surface area contributed by atoms with Crippen molar-refractivity contribution < 1.29 is 14.3 Å². The molecule has 0 saturated carbocycles. The largest absolute Gasteiger partial charge is 0.386 e. The van der Waals surface area contributed by atoms with E-state index in [-0.39, 0.29) is 0 Å². The third-order valence-electron chi connectivity index (χ3n) is 5.16. The van der Waals surface area contributed by atoms with Gasteiger partial charge < -0.3 is 4.74 Å². The van der Waals surface area contributed by atoms with Crippen LogP contribution in [0.4, 0.5) is 0 Å². The Morgan fingerprint density at radius 2 is 1.58 bits per heavy atom. The van der Waals surface area contributed by atoms with Crippen LogP contribution in [0, 0.1) is 0 Å². The van der Waals surface area contributed by atoms with Crippen molar-refractivity contribution in [1.29, 1.82) is 0 Å². The minimum absolute atomic E-state index is 0.501. The normalized spacial score (nSPS) is 16.4. The number of esters is 2. The Labute approximate surface area is 146 Å². The molecule has 2 aliphatic rings. The SMILES string of the molecule is O=C1OC(=O)c2c3ccccc3c(Br)c3cc4c(c1c23)CCCC4. The Kier molecular flexibility index (Phi) is 2.89. The number of hydrogen-bond donors (Lipinski definition) is 0. The maximum absolute atomic E-state index is 12.5. The van der Waals surface area contributed by atoms with Gasteiger partial charge in [0, 0.05) is 9.86 Å². The van der Waals surface area contributed by atoms with E-state index in [2.05, 4.69) is 22.0 Å². The summed E-state index contributed by atoms with van der Waals surface area (Å²) in [5.74, 6) is -1.05. The molecule has 0 N–H and O–H groups in total. The van der Waals surface area contributed by atoms with Gasteiger partial charge in [-0.2, -0.15) is 0 Å². The van der Waals surface area contributed by atoms with Crippen molar-refractivity contribution in [3.63, 3.8) is 0 Å². The summed E-state index contributed by atoms with van der Waals surface area (Å²) in [6.45, 7) is 0. The maximum Gasteiger partial charge on any atom is 0.347 e. The van der Waals surface area contributed by atoms with E-state index in [4.69, 9.17) is 4.74 Å². The second kappa shape index (κ2) is 4.90. The minimum Gasteiger partial charge on any atom is -0.386 e. The molecule has 1 heterocycles. The highest BCUT2D eigenvalue weighted by molar-refractivity contribution is 9.10. The molecule has 1 aliphatic heterocycles. The van der Waals surface area contributed by atoms with Gasteiger partial charge >= 0.3 is 11.9 Å². The number of benzene rings is 3. The van der Waals surface area contributed by atoms with Gasteiger partial charge in [0.2, 0.25) is 0 Å². The molecule has 0 fully saturated rings. The van der Waals surface area contributed by atoms with Gasteiger partial charge in [-0.3, -0.25) is 0 Å². The molecule has 0 radical (unpaired) electrons. The van der Waals surface area contributed by atoms with Gasteiger partial charge in [-0.1, -0.05) is 24.3 Å². The summed E-state index contributed by atoms with van der Waals surface area (Å²) in [6.07, 6.45) is 4.03. The summed E-state index contributed by atoms with van der Waals surface area (Å²) in [7, 11) is 0. The lowest BCUT2D eigenvalue weighted by atomic mass is 9.82. The Balaban J connectivity index is 2.10. The molecule has 24 heavy (non-hydrogen) atoms. The predicted octanol–water partition coefficient (Wildman–Crippen LogP) is 4.94. The first-order chi connectivity index (χ1) is 11.7. The van der Waals surface area contributed by atoms with E-state index < -0.39 is 11.9 Å². The summed E-state index contributed by atoms with van der Waals surface area (Å²) >= 11 is 3.71. The van der Waals surface area contributed by atoms with E-state index in [9.17, 15) is 9.59 Å². The lowest BCUT2D eigenvalue weighted by Crippen LogP contribution is -2.23. The van der Waals surface area contributed by atoms with Crippen LogP contribution in [0.2, 0.25) is 0 Å². The van der Waals surface area contributed by atoms with Crippen LogP contribution >= 0.6 is 15.9 Å². The van der Waals surface area contributed by atoms with Crippen LogP contribution in [0.1, 0.15) is 44.7 Å². The fourth-order valence-electron chi connectivity index (χ4n) is 4.13. The van der Waals surface area contributed by atoms with Gasteiger partial charge in [-0.15, -0.1) is 0 Å². The molecule has 1 aliphatic carbocycles. The van der Waals surface area contributed by atoms with Gasteiger partial charge in [0.25, 0.3) is 0 Å². The predicted molar refractivity (Wildman–Crippen MR) is 95.5 cm³/mol. The molecular formula is C20H13BrO3. The summed E-state index contributed by atoms with van der Waals surface area (Å²) in [5.41, 5.74) is 3.39. The third kappa shape index (κ3) is 1.72. The number of carbonyl (C=O) groups excluding carboxylic acids is 2. The number of ether oxygens (including phenoxy) is 1. The van der Waals surface area contributed by atoms with Gasteiger partial charge in [-0.05, 0) is 75.0 Å². The van der Waals surface area contributed by atoms with E-state index in [1.807, 2.05) is 24.3 Å². The third-order valence-corrected chi connectivity index (χ3v) is 6.02. The molecule has 5 rings (SSSR count). The van der Waals surface area contributed by atoms with Gasteiger partial charge in [0.1, 0.15) is 0 Å². The Hall–Kier alpha value is -2.20. The number of carbonyl (C=O) groups is 2. The van der Waals surface area contributed by atoms with Crippen LogP contribution in [0.3, 0.4) is 0 Å². The molecule has 0 atom stereocenters. The molecule has 0 saturated heterocycles. The average Bonchev–Trinajstić information content (AvgIpc) is 2.60. The summed E-state index contributed by atoms with van der Waals surface area (Å²) in [6, 6.07) is 9.90. The zero-order valence-electron chi connectivity index (χ0n) is 12.8. The molecule has 0 amide bonds. The lowest BCUT2D eigenvalue weighted by molar-refractivity contribution is 0.0391. The summed E-state index contributed by atoms with van der Waals surface area (Å²) < 4.78 is 6.06. The van der Waals surface area contributed by atoms with Gasteiger partial charge in [0.05, 0.1) is 11.1 Å². The van der Waals surface area contributed by atoms with Crippen molar-refractivity contribution in [2.75, 3.05) is 0 Å². The zero-order chi connectivity index (χ0) is 16.4. The minimum atomic E-state index is -0.544. The highest BCUT2D eigenvalue weighted by Crippen LogP contribution is 2.43. The van der Waals surface area contributed by atoms with E-state index in [0.717, 1.165) is 57.3 Å². The summed E-state index contributed by atoms with van der Waals surface area (Å²) in [5, 5.41) is 3.48. The fraction of sp³-hybridized carbons (Fsp3) is 0.200. The van der Waals surface area contributed by atoms with Crippen molar-refractivity contribution in [3.05, 3.63) is 57.1 Å². The second-order valence-corrected chi connectivity index (χ2v) is 7.22. The Bertz CT molecular complexity index is 1080. The average molecular weight is 381 g/mol. The van der Waals surface area contributed by atoms with E-state index in [0.29, 0.717) is 11.1 Å². The molecule has 3 aromatic rings. The number of fused-ring (bicyclic) bond motifs is 4. The van der Waals surface area contributed by atoms with Crippen LogP contribution < -0.4 is 0 Å². The first kappa shape index (κ1) is 14.2. The molecule has 3 nitrogen and oxygen atoms in total. The van der Waals surface area contributed by atoms with Crippen molar-refractivity contribution in [1.82, 2.24) is 0 Å². The zero-order valence-corrected chi connectivity index (χ0v) is 14.4. The fourth-order valence-corrected chi connectivity index (χ4v) is 4.79. The smallest absolute Gasteiger partial charge is 0.347 e. The highest BCUT2D eigenvalue weighted by atomic mass is 79.9.